The largest absolute Gasteiger partial charge is 0.508 e. The number of anilines is 1. The molecule has 0 radical (unpaired) electrons. The van der Waals surface area contributed by atoms with Crippen LogP contribution >= 0.6 is 0 Å². The van der Waals surface area contributed by atoms with E-state index in [1.807, 2.05) is 30.3 Å². The Kier molecular flexibility index (Phi) is 5.39. The highest BCUT2D eigenvalue weighted by molar-refractivity contribution is 6.08. The van der Waals surface area contributed by atoms with Crippen LogP contribution in [0.1, 0.15) is 39.1 Å². The van der Waals surface area contributed by atoms with Crippen LogP contribution in [0.2, 0.25) is 0 Å². The van der Waals surface area contributed by atoms with Gasteiger partial charge in [-0.05, 0) is 54.8 Å². The first-order valence-electron chi connectivity index (χ1n) is 9.80. The molecule has 30 heavy (non-hydrogen) atoms. The number of nitrogens with one attached hydrogen (secondary N) is 1. The van der Waals surface area contributed by atoms with E-state index in [1.165, 1.54) is 17.0 Å². The van der Waals surface area contributed by atoms with Gasteiger partial charge in [-0.3, -0.25) is 9.59 Å². The zero-order valence-corrected chi connectivity index (χ0v) is 16.3. The van der Waals surface area contributed by atoms with Crippen LogP contribution in [-0.4, -0.2) is 28.1 Å². The van der Waals surface area contributed by atoms with Crippen molar-refractivity contribution in [3.05, 3.63) is 89.5 Å². The lowest BCUT2D eigenvalue weighted by Crippen LogP contribution is -2.30. The summed E-state index contributed by atoms with van der Waals surface area (Å²) in [6.45, 7) is 0.285. The Labute approximate surface area is 174 Å². The Bertz CT molecular complexity index is 1060. The number of phenolic OH excluding ortho intramolecular Hbond substituents is 2. The molecule has 0 aliphatic heterocycles. The Hall–Kier alpha value is -3.80. The first-order chi connectivity index (χ1) is 14.5. The summed E-state index contributed by atoms with van der Waals surface area (Å²) in [5.74, 6) is -0.948. The number of hydrogen-bond donors (Lipinski definition) is 3. The lowest BCUT2D eigenvalue weighted by molar-refractivity contribution is 0.0949. The zero-order chi connectivity index (χ0) is 21.1. The van der Waals surface area contributed by atoms with Gasteiger partial charge in [0.05, 0.1) is 12.1 Å². The van der Waals surface area contributed by atoms with Crippen LogP contribution in [0.5, 0.6) is 11.5 Å². The van der Waals surface area contributed by atoms with Crippen LogP contribution in [0.4, 0.5) is 5.69 Å². The lowest BCUT2D eigenvalue weighted by Gasteiger charge is -2.24. The SMILES string of the molecule is O=C(NC1CC1)c1ccc(N(Cc2ccccc2)C(=O)c2ccc(O)cc2O)cc1. The predicted octanol–water partition coefficient (Wildman–Crippen LogP) is 3.84. The van der Waals surface area contributed by atoms with Gasteiger partial charge in [0.15, 0.2) is 0 Å². The molecule has 0 unspecified atom stereocenters. The van der Waals surface area contributed by atoms with Crippen molar-refractivity contribution in [2.24, 2.45) is 0 Å². The van der Waals surface area contributed by atoms with Crippen LogP contribution in [0.25, 0.3) is 0 Å². The van der Waals surface area contributed by atoms with E-state index in [2.05, 4.69) is 5.32 Å². The van der Waals surface area contributed by atoms with E-state index in [-0.39, 0.29) is 35.6 Å². The highest BCUT2D eigenvalue weighted by atomic mass is 16.3. The fourth-order valence-corrected chi connectivity index (χ4v) is 3.18. The molecule has 1 aliphatic rings. The van der Waals surface area contributed by atoms with E-state index in [0.29, 0.717) is 11.3 Å². The average molecular weight is 402 g/mol. The van der Waals surface area contributed by atoms with Gasteiger partial charge in [0, 0.05) is 23.4 Å². The summed E-state index contributed by atoms with van der Waals surface area (Å²) in [7, 11) is 0. The van der Waals surface area contributed by atoms with Gasteiger partial charge in [0.2, 0.25) is 0 Å². The van der Waals surface area contributed by atoms with Gasteiger partial charge in [-0.15, -0.1) is 0 Å². The van der Waals surface area contributed by atoms with Gasteiger partial charge in [-0.2, -0.15) is 0 Å². The van der Waals surface area contributed by atoms with Gasteiger partial charge < -0.3 is 20.4 Å². The van der Waals surface area contributed by atoms with E-state index in [0.717, 1.165) is 24.5 Å². The van der Waals surface area contributed by atoms with Gasteiger partial charge in [-0.25, -0.2) is 0 Å². The smallest absolute Gasteiger partial charge is 0.262 e. The quantitative estimate of drug-likeness (QED) is 0.584. The van der Waals surface area contributed by atoms with E-state index in [1.54, 1.807) is 24.3 Å². The Morgan fingerprint density at radius 2 is 1.63 bits per heavy atom. The molecule has 0 atom stereocenters. The van der Waals surface area contributed by atoms with Gasteiger partial charge in [0.25, 0.3) is 11.8 Å². The van der Waals surface area contributed by atoms with E-state index >= 15 is 0 Å². The molecule has 6 heteroatoms. The number of rotatable bonds is 6. The van der Waals surface area contributed by atoms with Crippen molar-refractivity contribution in [1.29, 1.82) is 0 Å². The molecule has 0 aromatic heterocycles. The molecule has 4 rings (SSSR count). The summed E-state index contributed by atoms with van der Waals surface area (Å²) in [5.41, 5.74) is 2.13. The van der Waals surface area contributed by atoms with Crippen molar-refractivity contribution < 1.29 is 19.8 Å². The molecule has 1 fully saturated rings. The van der Waals surface area contributed by atoms with Crippen molar-refractivity contribution in [2.45, 2.75) is 25.4 Å². The van der Waals surface area contributed by atoms with Crippen molar-refractivity contribution in [3.8, 4) is 11.5 Å². The molecule has 0 bridgehead atoms. The summed E-state index contributed by atoms with van der Waals surface area (Å²) >= 11 is 0. The van der Waals surface area contributed by atoms with Crippen LogP contribution in [-0.2, 0) is 6.54 Å². The number of carbonyl (C=O) groups excluding carboxylic acids is 2. The highest BCUT2D eigenvalue weighted by Crippen LogP contribution is 2.28. The molecule has 0 heterocycles. The molecule has 0 saturated heterocycles. The monoisotopic (exact) mass is 402 g/mol. The van der Waals surface area contributed by atoms with Crippen molar-refractivity contribution in [3.63, 3.8) is 0 Å². The Morgan fingerprint density at radius 1 is 0.933 bits per heavy atom. The topological polar surface area (TPSA) is 89.9 Å². The maximum absolute atomic E-state index is 13.3. The third-order valence-electron chi connectivity index (χ3n) is 4.99. The molecule has 3 aromatic rings. The predicted molar refractivity (Wildman–Crippen MR) is 114 cm³/mol. The number of aromatic hydroxyl groups is 2. The summed E-state index contributed by atoms with van der Waals surface area (Å²) in [6.07, 6.45) is 2.03. The first kappa shape index (κ1) is 19.5. The van der Waals surface area contributed by atoms with E-state index in [9.17, 15) is 19.8 Å². The molecule has 3 N–H and O–H groups in total. The minimum Gasteiger partial charge on any atom is -0.508 e. The summed E-state index contributed by atoms with van der Waals surface area (Å²) in [4.78, 5) is 27.0. The number of hydrogen-bond acceptors (Lipinski definition) is 4. The van der Waals surface area contributed by atoms with Crippen LogP contribution in [0, 0.1) is 0 Å². The standard InChI is InChI=1S/C24H22N2O4/c27-20-12-13-21(22(28)14-20)24(30)26(15-16-4-2-1-3-5-16)19-10-6-17(7-11-19)23(29)25-18-8-9-18/h1-7,10-14,18,27-28H,8-9,15H2,(H,25,29). The second kappa shape index (κ2) is 8.29. The van der Waals surface area contributed by atoms with Crippen LogP contribution in [0.3, 0.4) is 0 Å². The van der Waals surface area contributed by atoms with Crippen molar-refractivity contribution in [2.75, 3.05) is 4.90 Å². The molecule has 6 nitrogen and oxygen atoms in total. The maximum atomic E-state index is 13.3. The molecular weight excluding hydrogens is 380 g/mol. The van der Waals surface area contributed by atoms with Crippen molar-refractivity contribution in [1.82, 2.24) is 5.32 Å². The molecule has 3 aromatic carbocycles. The minimum absolute atomic E-state index is 0.0827. The molecule has 0 spiro atoms. The fourth-order valence-electron chi connectivity index (χ4n) is 3.18. The normalized spacial score (nSPS) is 12.9. The summed E-state index contributed by atoms with van der Waals surface area (Å²) in [6, 6.07) is 20.5. The van der Waals surface area contributed by atoms with Gasteiger partial charge in [0.1, 0.15) is 11.5 Å². The highest BCUT2D eigenvalue weighted by Gasteiger charge is 2.25. The number of nitrogens with zero attached hydrogens (tertiary/aromatic N) is 1. The number of benzene rings is 3. The van der Waals surface area contributed by atoms with Crippen LogP contribution in [0.15, 0.2) is 72.8 Å². The fraction of sp³-hybridized carbons (Fsp3) is 0.167. The summed E-state index contributed by atoms with van der Waals surface area (Å²) < 4.78 is 0. The third kappa shape index (κ3) is 4.43. The third-order valence-corrected chi connectivity index (χ3v) is 4.99. The zero-order valence-electron chi connectivity index (χ0n) is 16.3. The van der Waals surface area contributed by atoms with E-state index < -0.39 is 5.91 Å². The maximum Gasteiger partial charge on any atom is 0.262 e. The van der Waals surface area contributed by atoms with Gasteiger partial charge in [-0.1, -0.05) is 30.3 Å². The number of amides is 2. The van der Waals surface area contributed by atoms with Crippen LogP contribution < -0.4 is 10.2 Å². The Morgan fingerprint density at radius 3 is 2.27 bits per heavy atom. The second-order valence-electron chi connectivity index (χ2n) is 7.37. The molecule has 1 saturated carbocycles. The Balaban J connectivity index is 1.64. The number of phenols is 2. The van der Waals surface area contributed by atoms with E-state index in [4.69, 9.17) is 0 Å². The molecular formula is C24H22N2O4. The second-order valence-corrected chi connectivity index (χ2v) is 7.37. The minimum atomic E-state index is -0.411. The first-order valence-corrected chi connectivity index (χ1v) is 9.80. The van der Waals surface area contributed by atoms with Gasteiger partial charge >= 0.3 is 0 Å². The lowest BCUT2D eigenvalue weighted by atomic mass is 10.1. The van der Waals surface area contributed by atoms with Crippen molar-refractivity contribution >= 4 is 17.5 Å². The molecule has 2 amide bonds. The molecule has 1 aliphatic carbocycles. The average Bonchev–Trinajstić information content (AvgIpc) is 3.56. The molecule has 152 valence electrons. The number of carbonyl (C=O) groups is 2. The summed E-state index contributed by atoms with van der Waals surface area (Å²) in [5, 5.41) is 22.7.